The van der Waals surface area contributed by atoms with E-state index >= 15 is 0 Å². The minimum atomic E-state index is -0.538. The Bertz CT molecular complexity index is 1190. The lowest BCUT2D eigenvalue weighted by atomic mass is 10.1. The number of ether oxygens (including phenoxy) is 1. The van der Waals surface area contributed by atoms with Crippen molar-refractivity contribution in [2.75, 3.05) is 0 Å². The van der Waals surface area contributed by atoms with Crippen LogP contribution in [0.5, 0.6) is 5.75 Å². The number of nitrogens with zero attached hydrogens (tertiary/aromatic N) is 3. The lowest BCUT2D eigenvalue weighted by Gasteiger charge is -2.10. The number of hydrogen-bond donors (Lipinski definition) is 0. The number of aromatic nitrogens is 3. The van der Waals surface area contributed by atoms with Gasteiger partial charge in [-0.05, 0) is 63.2 Å². The molecule has 0 aliphatic rings. The number of hydrogen-bond acceptors (Lipinski definition) is 6. The van der Waals surface area contributed by atoms with E-state index in [0.717, 1.165) is 0 Å². The van der Waals surface area contributed by atoms with Crippen LogP contribution in [0.25, 0.3) is 22.5 Å². The Kier molecular flexibility index (Phi) is 4.72. The highest BCUT2D eigenvalue weighted by Crippen LogP contribution is 2.27. The van der Waals surface area contributed by atoms with E-state index < -0.39 is 5.97 Å². The molecule has 4 aromatic rings. The van der Waals surface area contributed by atoms with Gasteiger partial charge in [0.25, 0.3) is 0 Å². The number of carbonyl (C=O) groups is 2. The summed E-state index contributed by atoms with van der Waals surface area (Å²) in [4.78, 5) is 29.0. The van der Waals surface area contributed by atoms with E-state index in [1.807, 2.05) is 13.8 Å². The fourth-order valence-electron chi connectivity index (χ4n) is 3.04. The molecule has 0 aliphatic heterocycles. The standard InChI is InChI=1S/C22H19N3O4/c1-13(2)25-21-18(12-23-25)17(11-19(24-21)20-5-4-10-28-20)22(27)29-16-8-6-15(7-9-16)14(3)26/h4-13H,1-3H3. The van der Waals surface area contributed by atoms with E-state index in [1.54, 1.807) is 59.6 Å². The average molecular weight is 389 g/mol. The lowest BCUT2D eigenvalue weighted by Crippen LogP contribution is -2.11. The van der Waals surface area contributed by atoms with E-state index in [1.165, 1.54) is 6.92 Å². The molecule has 0 unspecified atom stereocenters. The maximum Gasteiger partial charge on any atom is 0.344 e. The zero-order valence-corrected chi connectivity index (χ0v) is 16.2. The van der Waals surface area contributed by atoms with Crippen molar-refractivity contribution in [1.29, 1.82) is 0 Å². The van der Waals surface area contributed by atoms with Crippen molar-refractivity contribution in [3.8, 4) is 17.2 Å². The van der Waals surface area contributed by atoms with Gasteiger partial charge in [0.1, 0.15) is 11.4 Å². The maximum absolute atomic E-state index is 13.0. The van der Waals surface area contributed by atoms with Gasteiger partial charge in [0.05, 0.1) is 23.4 Å². The topological polar surface area (TPSA) is 87.2 Å². The number of ketones is 1. The Morgan fingerprint density at radius 1 is 1.14 bits per heavy atom. The molecule has 3 heterocycles. The summed E-state index contributed by atoms with van der Waals surface area (Å²) >= 11 is 0. The van der Waals surface area contributed by atoms with Crippen LogP contribution in [0.3, 0.4) is 0 Å². The summed E-state index contributed by atoms with van der Waals surface area (Å²) in [6, 6.07) is 11.7. The Balaban J connectivity index is 1.77. The SMILES string of the molecule is CC(=O)c1ccc(OC(=O)c2cc(-c3ccco3)nc3c2cnn3C(C)C)cc1. The van der Waals surface area contributed by atoms with Gasteiger partial charge in [0.15, 0.2) is 17.2 Å². The molecule has 1 aromatic carbocycles. The summed E-state index contributed by atoms with van der Waals surface area (Å²) in [5, 5.41) is 4.97. The van der Waals surface area contributed by atoms with Crippen LogP contribution in [-0.2, 0) is 0 Å². The van der Waals surface area contributed by atoms with Gasteiger partial charge in [0.2, 0.25) is 0 Å². The van der Waals surface area contributed by atoms with Crippen LogP contribution in [0.2, 0.25) is 0 Å². The molecule has 29 heavy (non-hydrogen) atoms. The van der Waals surface area contributed by atoms with Crippen molar-refractivity contribution >= 4 is 22.8 Å². The molecule has 0 radical (unpaired) electrons. The second-order valence-electron chi connectivity index (χ2n) is 6.92. The molecule has 0 spiro atoms. The zero-order chi connectivity index (χ0) is 20.5. The lowest BCUT2D eigenvalue weighted by molar-refractivity contribution is 0.0736. The van der Waals surface area contributed by atoms with Crippen LogP contribution in [0, 0.1) is 0 Å². The first kappa shape index (κ1) is 18.6. The summed E-state index contributed by atoms with van der Waals surface area (Å²) in [6.07, 6.45) is 3.17. The zero-order valence-electron chi connectivity index (χ0n) is 16.2. The van der Waals surface area contributed by atoms with Crippen molar-refractivity contribution in [1.82, 2.24) is 14.8 Å². The molecule has 0 fully saturated rings. The molecule has 0 aliphatic carbocycles. The van der Waals surface area contributed by atoms with E-state index in [2.05, 4.69) is 10.1 Å². The predicted octanol–water partition coefficient (Wildman–Crippen LogP) is 4.69. The molecule has 146 valence electrons. The Morgan fingerprint density at radius 3 is 2.52 bits per heavy atom. The van der Waals surface area contributed by atoms with Gasteiger partial charge < -0.3 is 9.15 Å². The smallest absolute Gasteiger partial charge is 0.344 e. The van der Waals surface area contributed by atoms with Crippen molar-refractivity contribution < 1.29 is 18.7 Å². The van der Waals surface area contributed by atoms with Crippen molar-refractivity contribution in [2.24, 2.45) is 0 Å². The van der Waals surface area contributed by atoms with Gasteiger partial charge in [-0.25, -0.2) is 14.5 Å². The first-order valence-electron chi connectivity index (χ1n) is 9.19. The Labute approximate surface area is 166 Å². The molecular weight excluding hydrogens is 370 g/mol. The number of rotatable bonds is 5. The van der Waals surface area contributed by atoms with Crippen LogP contribution >= 0.6 is 0 Å². The van der Waals surface area contributed by atoms with Gasteiger partial charge in [-0.2, -0.15) is 5.10 Å². The number of furan rings is 1. The van der Waals surface area contributed by atoms with Gasteiger partial charge in [-0.3, -0.25) is 4.79 Å². The monoisotopic (exact) mass is 389 g/mol. The van der Waals surface area contributed by atoms with Gasteiger partial charge >= 0.3 is 5.97 Å². The second kappa shape index (κ2) is 7.35. The summed E-state index contributed by atoms with van der Waals surface area (Å²) in [5.74, 6) is 0.302. The third-order valence-electron chi connectivity index (χ3n) is 4.52. The van der Waals surface area contributed by atoms with Crippen molar-refractivity contribution in [3.63, 3.8) is 0 Å². The highest BCUT2D eigenvalue weighted by Gasteiger charge is 2.21. The Hall–Kier alpha value is -3.74. The normalized spacial score (nSPS) is 11.2. The fourth-order valence-corrected chi connectivity index (χ4v) is 3.04. The number of Topliss-reactive ketones (excluding diaryl/α,β-unsaturated/α-hetero) is 1. The molecule has 7 heteroatoms. The third-order valence-corrected chi connectivity index (χ3v) is 4.52. The number of benzene rings is 1. The molecule has 3 aromatic heterocycles. The number of carbonyl (C=O) groups excluding carboxylic acids is 2. The molecule has 0 saturated carbocycles. The molecule has 0 saturated heterocycles. The van der Waals surface area contributed by atoms with Crippen LogP contribution in [0.1, 0.15) is 47.5 Å². The van der Waals surface area contributed by atoms with Gasteiger partial charge in [0, 0.05) is 11.6 Å². The van der Waals surface area contributed by atoms with Crippen molar-refractivity contribution in [3.05, 3.63) is 66.1 Å². The van der Waals surface area contributed by atoms with Crippen LogP contribution in [-0.4, -0.2) is 26.5 Å². The van der Waals surface area contributed by atoms with Crippen LogP contribution < -0.4 is 4.74 Å². The molecule has 0 N–H and O–H groups in total. The first-order chi connectivity index (χ1) is 13.9. The summed E-state index contributed by atoms with van der Waals surface area (Å²) in [5.41, 5.74) is 1.98. The van der Waals surface area contributed by atoms with E-state index in [4.69, 9.17) is 9.15 Å². The molecular formula is C22H19N3O4. The quantitative estimate of drug-likeness (QED) is 0.279. The first-order valence-corrected chi connectivity index (χ1v) is 9.19. The molecule has 0 amide bonds. The predicted molar refractivity (Wildman–Crippen MR) is 107 cm³/mol. The second-order valence-corrected chi connectivity index (χ2v) is 6.92. The average Bonchev–Trinajstić information content (AvgIpc) is 3.37. The third kappa shape index (κ3) is 3.54. The summed E-state index contributed by atoms with van der Waals surface area (Å²) in [7, 11) is 0. The van der Waals surface area contributed by atoms with E-state index in [0.29, 0.717) is 39.4 Å². The Morgan fingerprint density at radius 2 is 1.90 bits per heavy atom. The van der Waals surface area contributed by atoms with Gasteiger partial charge in [-0.15, -0.1) is 0 Å². The van der Waals surface area contributed by atoms with Crippen LogP contribution in [0.15, 0.2) is 59.3 Å². The maximum atomic E-state index is 13.0. The van der Waals surface area contributed by atoms with Crippen LogP contribution in [0.4, 0.5) is 0 Å². The minimum Gasteiger partial charge on any atom is -0.463 e. The largest absolute Gasteiger partial charge is 0.463 e. The van der Waals surface area contributed by atoms with E-state index in [-0.39, 0.29) is 11.8 Å². The number of esters is 1. The minimum absolute atomic E-state index is 0.0529. The number of pyridine rings is 1. The highest BCUT2D eigenvalue weighted by atomic mass is 16.5. The van der Waals surface area contributed by atoms with Gasteiger partial charge in [-0.1, -0.05) is 0 Å². The molecule has 7 nitrogen and oxygen atoms in total. The van der Waals surface area contributed by atoms with E-state index in [9.17, 15) is 9.59 Å². The molecule has 0 bridgehead atoms. The molecule has 4 rings (SSSR count). The summed E-state index contributed by atoms with van der Waals surface area (Å²) in [6.45, 7) is 5.46. The van der Waals surface area contributed by atoms with Crippen molar-refractivity contribution in [2.45, 2.75) is 26.8 Å². The highest BCUT2D eigenvalue weighted by molar-refractivity contribution is 6.04. The summed E-state index contributed by atoms with van der Waals surface area (Å²) < 4.78 is 12.7. The fraction of sp³-hybridized carbons (Fsp3) is 0.182. The number of fused-ring (bicyclic) bond motifs is 1. The molecule has 0 atom stereocenters.